The molecule has 6 nitrogen and oxygen atoms in total. The van der Waals surface area contributed by atoms with Crippen LogP contribution < -0.4 is 0 Å². The van der Waals surface area contributed by atoms with Crippen LogP contribution in [0.2, 0.25) is 0 Å². The van der Waals surface area contributed by atoms with Crippen molar-refractivity contribution in [3.05, 3.63) is 11.7 Å². The van der Waals surface area contributed by atoms with Crippen molar-refractivity contribution in [3.8, 4) is 0 Å². The molecular weight excluding hydrogens is 304 g/mol. The third-order valence-corrected chi connectivity index (χ3v) is 5.85. The minimum atomic E-state index is 0.511. The highest BCUT2D eigenvalue weighted by Gasteiger charge is 2.28. The van der Waals surface area contributed by atoms with Gasteiger partial charge in [0.15, 0.2) is 5.82 Å². The van der Waals surface area contributed by atoms with Crippen LogP contribution >= 0.6 is 0 Å². The fraction of sp³-hybridized carbons (Fsp3) is 0.889. The van der Waals surface area contributed by atoms with Crippen LogP contribution in [0.4, 0.5) is 0 Å². The second kappa shape index (κ2) is 7.93. The number of likely N-dealkylation sites (tertiary alicyclic amines) is 1. The maximum Gasteiger partial charge on any atom is 0.229 e. The van der Waals surface area contributed by atoms with E-state index in [0.717, 1.165) is 57.7 Å². The zero-order chi connectivity index (χ0) is 16.2. The van der Waals surface area contributed by atoms with E-state index in [1.807, 2.05) is 0 Å². The van der Waals surface area contributed by atoms with Crippen LogP contribution in [0, 0.1) is 0 Å². The van der Waals surface area contributed by atoms with Crippen molar-refractivity contribution in [2.24, 2.45) is 0 Å². The van der Waals surface area contributed by atoms with E-state index in [1.165, 1.54) is 44.9 Å². The van der Waals surface area contributed by atoms with Crippen molar-refractivity contribution in [1.82, 2.24) is 19.9 Å². The largest absolute Gasteiger partial charge is 0.379 e. The van der Waals surface area contributed by atoms with Gasteiger partial charge in [0, 0.05) is 31.6 Å². The second-order valence-electron chi connectivity index (χ2n) is 7.56. The molecule has 1 aromatic heterocycles. The smallest absolute Gasteiger partial charge is 0.229 e. The molecule has 1 atom stereocenters. The molecule has 1 aliphatic carbocycles. The Hall–Kier alpha value is -0.980. The number of nitrogens with zero attached hydrogens (tertiary/aromatic N) is 4. The standard InChI is InChI=1S/C18H30N4O2/c1-2-6-15(5-1)18-19-17(20-24-18)14-22-8-4-3-7-16(22)13-21-9-11-23-12-10-21/h15-16H,1-14H2/t16-/m1/s1. The lowest BCUT2D eigenvalue weighted by Crippen LogP contribution is -2.49. The van der Waals surface area contributed by atoms with Gasteiger partial charge in [0.1, 0.15) is 0 Å². The predicted octanol–water partition coefficient (Wildman–Crippen LogP) is 2.41. The van der Waals surface area contributed by atoms with Gasteiger partial charge in [-0.15, -0.1) is 0 Å². The van der Waals surface area contributed by atoms with E-state index in [-0.39, 0.29) is 0 Å². The van der Waals surface area contributed by atoms with Crippen molar-refractivity contribution in [2.75, 3.05) is 39.4 Å². The molecule has 0 spiro atoms. The normalized spacial score (nSPS) is 27.8. The maximum absolute atomic E-state index is 5.56. The van der Waals surface area contributed by atoms with Gasteiger partial charge in [-0.25, -0.2) is 0 Å². The first-order chi connectivity index (χ1) is 11.9. The number of hydrogen-bond donors (Lipinski definition) is 0. The first kappa shape index (κ1) is 16.5. The van der Waals surface area contributed by atoms with Gasteiger partial charge in [-0.1, -0.05) is 24.4 Å². The highest BCUT2D eigenvalue weighted by molar-refractivity contribution is 4.97. The molecule has 3 heterocycles. The highest BCUT2D eigenvalue weighted by atomic mass is 16.5. The van der Waals surface area contributed by atoms with Crippen LogP contribution in [-0.2, 0) is 11.3 Å². The van der Waals surface area contributed by atoms with E-state index in [2.05, 4.69) is 15.0 Å². The Kier molecular flexibility index (Phi) is 5.45. The lowest BCUT2D eigenvalue weighted by atomic mass is 10.0. The molecule has 24 heavy (non-hydrogen) atoms. The third kappa shape index (κ3) is 3.98. The number of ether oxygens (including phenoxy) is 1. The van der Waals surface area contributed by atoms with Crippen molar-refractivity contribution in [3.63, 3.8) is 0 Å². The van der Waals surface area contributed by atoms with E-state index in [1.54, 1.807) is 0 Å². The molecule has 2 saturated heterocycles. The van der Waals surface area contributed by atoms with E-state index in [4.69, 9.17) is 14.2 Å². The summed E-state index contributed by atoms with van der Waals surface area (Å²) in [6.07, 6.45) is 8.94. The molecule has 2 aliphatic heterocycles. The summed E-state index contributed by atoms with van der Waals surface area (Å²) in [5.41, 5.74) is 0. The van der Waals surface area contributed by atoms with Gasteiger partial charge in [0.05, 0.1) is 19.8 Å². The highest BCUT2D eigenvalue weighted by Crippen LogP contribution is 2.33. The molecule has 4 rings (SSSR count). The molecule has 3 fully saturated rings. The number of morpholine rings is 1. The van der Waals surface area contributed by atoms with Gasteiger partial charge < -0.3 is 9.26 Å². The first-order valence-electron chi connectivity index (χ1n) is 9.75. The molecule has 0 amide bonds. The Morgan fingerprint density at radius 3 is 2.58 bits per heavy atom. The lowest BCUT2D eigenvalue weighted by molar-refractivity contribution is 0.0148. The summed E-state index contributed by atoms with van der Waals surface area (Å²) >= 11 is 0. The van der Waals surface area contributed by atoms with Crippen LogP contribution in [0.3, 0.4) is 0 Å². The van der Waals surface area contributed by atoms with Gasteiger partial charge in [-0.3, -0.25) is 9.80 Å². The summed E-state index contributed by atoms with van der Waals surface area (Å²) in [5.74, 6) is 2.27. The van der Waals surface area contributed by atoms with Crippen LogP contribution in [0.15, 0.2) is 4.52 Å². The Bertz CT molecular complexity index is 509. The molecule has 134 valence electrons. The molecule has 1 aromatic rings. The van der Waals surface area contributed by atoms with Crippen molar-refractivity contribution in [2.45, 2.75) is 63.5 Å². The van der Waals surface area contributed by atoms with Crippen LogP contribution in [-0.4, -0.2) is 65.4 Å². The summed E-state index contributed by atoms with van der Waals surface area (Å²) in [5, 5.41) is 4.27. The Morgan fingerprint density at radius 2 is 1.75 bits per heavy atom. The quantitative estimate of drug-likeness (QED) is 0.824. The lowest BCUT2D eigenvalue weighted by Gasteiger charge is -2.39. The van der Waals surface area contributed by atoms with Crippen molar-refractivity contribution in [1.29, 1.82) is 0 Å². The fourth-order valence-electron chi connectivity index (χ4n) is 4.41. The van der Waals surface area contributed by atoms with E-state index < -0.39 is 0 Å². The summed E-state index contributed by atoms with van der Waals surface area (Å²) in [4.78, 5) is 9.83. The zero-order valence-electron chi connectivity index (χ0n) is 14.7. The summed E-state index contributed by atoms with van der Waals surface area (Å²) < 4.78 is 11.0. The molecule has 0 unspecified atom stereocenters. The second-order valence-corrected chi connectivity index (χ2v) is 7.56. The topological polar surface area (TPSA) is 54.6 Å². The van der Waals surface area contributed by atoms with Crippen molar-refractivity contribution < 1.29 is 9.26 Å². The molecular formula is C18H30N4O2. The maximum atomic E-state index is 5.56. The molecule has 0 bridgehead atoms. The molecule has 3 aliphatic rings. The molecule has 0 N–H and O–H groups in total. The van der Waals surface area contributed by atoms with Crippen LogP contribution in [0.1, 0.15) is 62.6 Å². The zero-order valence-corrected chi connectivity index (χ0v) is 14.7. The summed E-state index contributed by atoms with van der Waals surface area (Å²) in [6, 6.07) is 0.616. The summed E-state index contributed by atoms with van der Waals surface area (Å²) in [6.45, 7) is 7.03. The van der Waals surface area contributed by atoms with Crippen LogP contribution in [0.25, 0.3) is 0 Å². The van der Waals surface area contributed by atoms with Crippen LogP contribution in [0.5, 0.6) is 0 Å². The average molecular weight is 334 g/mol. The number of aromatic nitrogens is 2. The Labute approximate surface area is 144 Å². The van der Waals surface area contributed by atoms with Crippen molar-refractivity contribution >= 4 is 0 Å². The molecule has 6 heteroatoms. The van der Waals surface area contributed by atoms with Gasteiger partial charge in [-0.05, 0) is 32.2 Å². The monoisotopic (exact) mass is 334 g/mol. The van der Waals surface area contributed by atoms with E-state index in [9.17, 15) is 0 Å². The average Bonchev–Trinajstić information content (AvgIpc) is 3.29. The third-order valence-electron chi connectivity index (χ3n) is 5.85. The SMILES string of the molecule is C1CCC(c2nc(CN3CCCC[C@@H]3CN3CCOCC3)no2)C1. The predicted molar refractivity (Wildman–Crippen MR) is 90.8 cm³/mol. The van der Waals surface area contributed by atoms with Gasteiger partial charge in [0.25, 0.3) is 0 Å². The van der Waals surface area contributed by atoms with Gasteiger partial charge in [-0.2, -0.15) is 4.98 Å². The number of rotatable bonds is 5. The van der Waals surface area contributed by atoms with Gasteiger partial charge in [0.2, 0.25) is 5.89 Å². The van der Waals surface area contributed by atoms with E-state index >= 15 is 0 Å². The Morgan fingerprint density at radius 1 is 0.958 bits per heavy atom. The fourth-order valence-corrected chi connectivity index (χ4v) is 4.41. The van der Waals surface area contributed by atoms with E-state index in [0.29, 0.717) is 12.0 Å². The molecule has 0 aromatic carbocycles. The number of piperidine rings is 1. The minimum absolute atomic E-state index is 0.511. The first-order valence-corrected chi connectivity index (χ1v) is 9.75. The number of hydrogen-bond acceptors (Lipinski definition) is 6. The summed E-state index contributed by atoms with van der Waals surface area (Å²) in [7, 11) is 0. The molecule has 1 saturated carbocycles. The minimum Gasteiger partial charge on any atom is -0.379 e. The Balaban J connectivity index is 1.35. The molecule has 0 radical (unpaired) electrons. The van der Waals surface area contributed by atoms with Gasteiger partial charge >= 0.3 is 0 Å².